The van der Waals surface area contributed by atoms with E-state index in [0.717, 1.165) is 11.5 Å². The summed E-state index contributed by atoms with van der Waals surface area (Å²) in [6.07, 6.45) is 4.28. The molecule has 0 aliphatic carbocycles. The Hall–Kier alpha value is 0.217. The van der Waals surface area contributed by atoms with Gasteiger partial charge in [-0.25, -0.2) is 0 Å². The first-order valence-electron chi connectivity index (χ1n) is 9.27. The maximum atomic E-state index is 2.53. The maximum Gasteiger partial charge on any atom is 0.0562 e. The maximum absolute atomic E-state index is 2.53. The molecule has 0 atom stereocenters. The van der Waals surface area contributed by atoms with E-state index in [1.54, 1.807) is 6.04 Å². The summed E-state index contributed by atoms with van der Waals surface area (Å²) in [6.45, 7) is 24.3. The molecular weight excluding hydrogens is 268 g/mol. The Bertz CT molecular complexity index is 257. The second kappa shape index (κ2) is 8.18. The topological polar surface area (TPSA) is 0 Å². The molecule has 0 saturated heterocycles. The zero-order valence-corrected chi connectivity index (χ0v) is 17.9. The summed E-state index contributed by atoms with van der Waals surface area (Å²) >= 11 is 0. The van der Waals surface area contributed by atoms with Gasteiger partial charge in [-0.1, -0.05) is 112 Å². The van der Waals surface area contributed by atoms with Gasteiger partial charge >= 0.3 is 0 Å². The predicted octanol–water partition coefficient (Wildman–Crippen LogP) is 7.76. The first-order chi connectivity index (χ1) is 9.27. The molecule has 0 aromatic carbocycles. The first-order valence-corrected chi connectivity index (χ1v) is 12.0. The van der Waals surface area contributed by atoms with Gasteiger partial charge in [-0.15, -0.1) is 0 Å². The second-order valence-electron chi connectivity index (χ2n) is 10.6. The molecule has 0 aromatic rings. The zero-order valence-electron chi connectivity index (χ0n) is 16.9. The van der Waals surface area contributed by atoms with E-state index in [2.05, 4.69) is 69.2 Å². The van der Waals surface area contributed by atoms with Crippen LogP contribution in [0, 0.1) is 16.7 Å². The molecule has 0 saturated carbocycles. The lowest BCUT2D eigenvalue weighted by Gasteiger charge is -2.40. The Morgan fingerprint density at radius 3 is 1.29 bits per heavy atom. The molecule has 0 fully saturated rings. The van der Waals surface area contributed by atoms with E-state index in [-0.39, 0.29) is 0 Å². The van der Waals surface area contributed by atoms with E-state index in [4.69, 9.17) is 0 Å². The lowest BCUT2D eigenvalue weighted by molar-refractivity contribution is 0.383. The van der Waals surface area contributed by atoms with Gasteiger partial charge in [0.25, 0.3) is 0 Å². The van der Waals surface area contributed by atoms with Crippen LogP contribution in [0.1, 0.15) is 88.5 Å². The molecular formula is C20H44Si. The highest BCUT2D eigenvalue weighted by Gasteiger charge is 2.37. The minimum absolute atomic E-state index is 0.493. The molecule has 0 aliphatic rings. The van der Waals surface area contributed by atoms with Crippen LogP contribution in [0.25, 0.3) is 0 Å². The summed E-state index contributed by atoms with van der Waals surface area (Å²) in [5.74, 6) is 0.861. The van der Waals surface area contributed by atoms with E-state index < -0.39 is 8.07 Å². The highest BCUT2D eigenvalue weighted by molar-refractivity contribution is 6.81. The average molecular weight is 313 g/mol. The van der Waals surface area contributed by atoms with Gasteiger partial charge in [0, 0.05) is 0 Å². The van der Waals surface area contributed by atoms with E-state index >= 15 is 0 Å². The first kappa shape index (κ1) is 21.2. The minimum atomic E-state index is -1.16. The molecule has 0 amide bonds. The predicted molar refractivity (Wildman–Crippen MR) is 103 cm³/mol. The van der Waals surface area contributed by atoms with Crippen molar-refractivity contribution in [3.8, 4) is 0 Å². The van der Waals surface area contributed by atoms with E-state index in [1.807, 2.05) is 0 Å². The molecule has 0 rings (SSSR count). The number of rotatable bonds is 8. The van der Waals surface area contributed by atoms with Crippen molar-refractivity contribution in [1.29, 1.82) is 0 Å². The standard InChI is InChI=1S/C20H44Si/c1-17(2)11-14-21(18(3)4,15-12-19(5,6)7)16-13-20(8,9)10/h17-18H,11-16H2,1-10H3. The molecule has 0 unspecified atom stereocenters. The van der Waals surface area contributed by atoms with Gasteiger partial charge < -0.3 is 0 Å². The van der Waals surface area contributed by atoms with E-state index in [9.17, 15) is 0 Å². The molecule has 0 aromatic heterocycles. The largest absolute Gasteiger partial charge is 0.0652 e. The van der Waals surface area contributed by atoms with Crippen LogP contribution in [0.4, 0.5) is 0 Å². The van der Waals surface area contributed by atoms with Gasteiger partial charge in [0.05, 0.1) is 8.07 Å². The van der Waals surface area contributed by atoms with Crippen molar-refractivity contribution < 1.29 is 0 Å². The van der Waals surface area contributed by atoms with Crippen LogP contribution in [0.15, 0.2) is 0 Å². The molecule has 21 heavy (non-hydrogen) atoms. The van der Waals surface area contributed by atoms with Crippen LogP contribution in [-0.4, -0.2) is 8.07 Å². The minimum Gasteiger partial charge on any atom is -0.0652 e. The molecule has 1 heteroatoms. The quantitative estimate of drug-likeness (QED) is 0.402. The highest BCUT2D eigenvalue weighted by Crippen LogP contribution is 2.42. The normalized spacial score (nSPS) is 14.3. The van der Waals surface area contributed by atoms with Crippen molar-refractivity contribution in [3.63, 3.8) is 0 Å². The Morgan fingerprint density at radius 2 is 1.05 bits per heavy atom. The van der Waals surface area contributed by atoms with Gasteiger partial charge in [0.1, 0.15) is 0 Å². The molecule has 0 heterocycles. The summed E-state index contributed by atoms with van der Waals surface area (Å²) in [6, 6.07) is 4.63. The fourth-order valence-electron chi connectivity index (χ4n) is 3.07. The van der Waals surface area contributed by atoms with Crippen LogP contribution >= 0.6 is 0 Å². The van der Waals surface area contributed by atoms with Crippen LogP contribution in [0.2, 0.25) is 23.7 Å². The van der Waals surface area contributed by atoms with Crippen molar-refractivity contribution in [2.24, 2.45) is 16.7 Å². The molecule has 128 valence electrons. The molecule has 0 spiro atoms. The van der Waals surface area contributed by atoms with Crippen molar-refractivity contribution in [1.82, 2.24) is 0 Å². The zero-order chi connectivity index (χ0) is 16.9. The number of hydrogen-bond donors (Lipinski definition) is 0. The second-order valence-corrected chi connectivity index (χ2v) is 16.0. The molecule has 0 aliphatic heterocycles. The summed E-state index contributed by atoms with van der Waals surface area (Å²) in [5, 5.41) is 0. The van der Waals surface area contributed by atoms with Crippen LogP contribution in [0.5, 0.6) is 0 Å². The third-order valence-corrected chi connectivity index (χ3v) is 11.4. The average Bonchev–Trinajstić information content (AvgIpc) is 2.25. The Labute approximate surface area is 137 Å². The Morgan fingerprint density at radius 1 is 0.667 bits per heavy atom. The molecule has 0 radical (unpaired) electrons. The number of hydrogen-bond acceptors (Lipinski definition) is 0. The van der Waals surface area contributed by atoms with E-state index in [1.165, 1.54) is 31.4 Å². The van der Waals surface area contributed by atoms with Crippen LogP contribution in [-0.2, 0) is 0 Å². The molecule has 0 nitrogen and oxygen atoms in total. The van der Waals surface area contributed by atoms with Crippen molar-refractivity contribution in [3.05, 3.63) is 0 Å². The monoisotopic (exact) mass is 312 g/mol. The van der Waals surface area contributed by atoms with Crippen LogP contribution < -0.4 is 0 Å². The summed E-state index contributed by atoms with van der Waals surface area (Å²) in [4.78, 5) is 0. The molecule has 0 N–H and O–H groups in total. The SMILES string of the molecule is CC(C)CC[Si](CCC(C)(C)C)(CCC(C)(C)C)C(C)C. The highest BCUT2D eigenvalue weighted by atomic mass is 28.3. The van der Waals surface area contributed by atoms with Gasteiger partial charge in [-0.2, -0.15) is 0 Å². The van der Waals surface area contributed by atoms with Gasteiger partial charge in [0.15, 0.2) is 0 Å². The summed E-state index contributed by atoms with van der Waals surface area (Å²) < 4.78 is 0. The summed E-state index contributed by atoms with van der Waals surface area (Å²) in [7, 11) is -1.16. The smallest absolute Gasteiger partial charge is 0.0562 e. The fourth-order valence-corrected chi connectivity index (χ4v) is 9.20. The van der Waals surface area contributed by atoms with Crippen molar-refractivity contribution in [2.45, 2.75) is 112 Å². The van der Waals surface area contributed by atoms with Gasteiger partial charge in [-0.05, 0) is 16.7 Å². The third-order valence-electron chi connectivity index (χ3n) is 5.19. The van der Waals surface area contributed by atoms with Crippen molar-refractivity contribution >= 4 is 8.07 Å². The van der Waals surface area contributed by atoms with Crippen molar-refractivity contribution in [2.75, 3.05) is 0 Å². The van der Waals surface area contributed by atoms with Gasteiger partial charge in [0.2, 0.25) is 0 Å². The third kappa shape index (κ3) is 9.76. The molecule has 0 bridgehead atoms. The van der Waals surface area contributed by atoms with Crippen LogP contribution in [0.3, 0.4) is 0 Å². The Balaban J connectivity index is 5.04. The lowest BCUT2D eigenvalue weighted by Crippen LogP contribution is -2.39. The Kier molecular flexibility index (Phi) is 8.26. The van der Waals surface area contributed by atoms with E-state index in [0.29, 0.717) is 10.8 Å². The van der Waals surface area contributed by atoms with Gasteiger partial charge in [-0.3, -0.25) is 0 Å². The lowest BCUT2D eigenvalue weighted by atomic mass is 9.93. The summed E-state index contributed by atoms with van der Waals surface area (Å²) in [5.41, 5.74) is 1.92. The fraction of sp³-hybridized carbons (Fsp3) is 1.00.